The quantitative estimate of drug-likeness (QED) is 0.816. The van der Waals surface area contributed by atoms with Crippen LogP contribution in [0.2, 0.25) is 0 Å². The molecular weight excluding hydrogens is 354 g/mol. The first-order valence-electron chi connectivity index (χ1n) is 5.86. The summed E-state index contributed by atoms with van der Waals surface area (Å²) in [5.41, 5.74) is 3.97. The van der Waals surface area contributed by atoms with Crippen molar-refractivity contribution in [3.05, 3.63) is 68.1 Å². The number of halogens is 2. The zero-order valence-corrected chi connectivity index (χ0v) is 13.4. The van der Waals surface area contributed by atoms with Gasteiger partial charge in [0, 0.05) is 22.0 Å². The van der Waals surface area contributed by atoms with Crippen molar-refractivity contribution in [1.82, 2.24) is 5.32 Å². The van der Waals surface area contributed by atoms with Crippen LogP contribution in [0.5, 0.6) is 0 Å². The molecule has 0 atom stereocenters. The Balaban J connectivity index is 1.92. The van der Waals surface area contributed by atoms with Gasteiger partial charge >= 0.3 is 0 Å². The second-order valence-corrected chi connectivity index (χ2v) is 5.99. The maximum Gasteiger partial charge on any atom is 0.0320 e. The van der Waals surface area contributed by atoms with Gasteiger partial charge in [-0.2, -0.15) is 0 Å². The number of hydrogen-bond acceptors (Lipinski definition) is 1. The zero-order chi connectivity index (χ0) is 13.0. The van der Waals surface area contributed by atoms with Gasteiger partial charge in [0.1, 0.15) is 0 Å². The van der Waals surface area contributed by atoms with Crippen molar-refractivity contribution in [2.75, 3.05) is 0 Å². The van der Waals surface area contributed by atoms with Crippen LogP contribution in [0.3, 0.4) is 0 Å². The Kier molecular flexibility index (Phi) is 4.98. The van der Waals surface area contributed by atoms with E-state index in [-0.39, 0.29) is 0 Å². The molecule has 3 heteroatoms. The van der Waals surface area contributed by atoms with E-state index in [1.54, 1.807) is 0 Å². The minimum absolute atomic E-state index is 0.875. The molecule has 2 aromatic rings. The Morgan fingerprint density at radius 1 is 0.944 bits per heavy atom. The normalized spacial score (nSPS) is 10.6. The van der Waals surface area contributed by atoms with Gasteiger partial charge in [-0.05, 0) is 67.6 Å². The van der Waals surface area contributed by atoms with E-state index >= 15 is 0 Å². The van der Waals surface area contributed by atoms with E-state index in [0.717, 1.165) is 22.0 Å². The largest absolute Gasteiger partial charge is 0.309 e. The molecule has 94 valence electrons. The van der Waals surface area contributed by atoms with Crippen molar-refractivity contribution in [3.8, 4) is 0 Å². The molecule has 0 aliphatic heterocycles. The van der Waals surface area contributed by atoms with Crippen LogP contribution in [0.25, 0.3) is 0 Å². The average molecular weight is 369 g/mol. The summed E-state index contributed by atoms with van der Waals surface area (Å²) in [5.74, 6) is 0. The zero-order valence-electron chi connectivity index (χ0n) is 10.2. The van der Waals surface area contributed by atoms with Crippen molar-refractivity contribution in [2.24, 2.45) is 0 Å². The van der Waals surface area contributed by atoms with Crippen molar-refractivity contribution in [1.29, 1.82) is 0 Å². The molecule has 18 heavy (non-hydrogen) atoms. The summed E-state index contributed by atoms with van der Waals surface area (Å²) in [6.45, 7) is 3.92. The maximum absolute atomic E-state index is 3.52. The van der Waals surface area contributed by atoms with Gasteiger partial charge in [0.25, 0.3) is 0 Å². The minimum Gasteiger partial charge on any atom is -0.309 e. The standard InChI is InChI=1S/C15H15Br2N/c1-11-4-2-3-5-13(11)10-18-9-12-6-7-14(16)15(17)8-12/h2-8,18H,9-10H2,1H3. The van der Waals surface area contributed by atoms with E-state index in [1.165, 1.54) is 16.7 Å². The highest BCUT2D eigenvalue weighted by Gasteiger charge is 2.00. The molecule has 0 fully saturated rings. The van der Waals surface area contributed by atoms with E-state index in [2.05, 4.69) is 86.6 Å². The molecule has 0 amide bonds. The molecule has 1 nitrogen and oxygen atoms in total. The summed E-state index contributed by atoms with van der Waals surface area (Å²) >= 11 is 7.00. The highest BCUT2D eigenvalue weighted by molar-refractivity contribution is 9.13. The Morgan fingerprint density at radius 2 is 1.72 bits per heavy atom. The molecular formula is C15H15Br2N. The SMILES string of the molecule is Cc1ccccc1CNCc1ccc(Br)c(Br)c1. The molecule has 0 radical (unpaired) electrons. The van der Waals surface area contributed by atoms with Gasteiger partial charge in [-0.15, -0.1) is 0 Å². The summed E-state index contributed by atoms with van der Waals surface area (Å²) in [5, 5.41) is 3.47. The Hall–Kier alpha value is -0.640. The molecule has 2 rings (SSSR count). The fraction of sp³-hybridized carbons (Fsp3) is 0.200. The average Bonchev–Trinajstić information content (AvgIpc) is 2.36. The third-order valence-electron chi connectivity index (χ3n) is 2.89. The van der Waals surface area contributed by atoms with E-state index in [0.29, 0.717) is 0 Å². The van der Waals surface area contributed by atoms with Crippen molar-refractivity contribution >= 4 is 31.9 Å². The first-order chi connectivity index (χ1) is 8.66. The number of aryl methyl sites for hydroxylation is 1. The Bertz CT molecular complexity index is 538. The summed E-state index contributed by atoms with van der Waals surface area (Å²) in [6.07, 6.45) is 0. The van der Waals surface area contributed by atoms with Crippen LogP contribution >= 0.6 is 31.9 Å². The lowest BCUT2D eigenvalue weighted by atomic mass is 10.1. The lowest BCUT2D eigenvalue weighted by Gasteiger charge is -2.08. The Labute approximate surface area is 125 Å². The number of benzene rings is 2. The molecule has 0 heterocycles. The molecule has 0 aliphatic rings. The fourth-order valence-electron chi connectivity index (χ4n) is 1.80. The molecule has 2 aromatic carbocycles. The van der Waals surface area contributed by atoms with Gasteiger partial charge in [0.15, 0.2) is 0 Å². The van der Waals surface area contributed by atoms with Crippen LogP contribution < -0.4 is 5.32 Å². The van der Waals surface area contributed by atoms with Crippen molar-refractivity contribution in [3.63, 3.8) is 0 Å². The van der Waals surface area contributed by atoms with Gasteiger partial charge in [0.2, 0.25) is 0 Å². The topological polar surface area (TPSA) is 12.0 Å². The monoisotopic (exact) mass is 367 g/mol. The fourth-order valence-corrected chi connectivity index (χ4v) is 2.47. The summed E-state index contributed by atoms with van der Waals surface area (Å²) < 4.78 is 2.18. The molecule has 0 aliphatic carbocycles. The van der Waals surface area contributed by atoms with Gasteiger partial charge in [-0.25, -0.2) is 0 Å². The highest BCUT2D eigenvalue weighted by atomic mass is 79.9. The van der Waals surface area contributed by atoms with Crippen LogP contribution in [-0.4, -0.2) is 0 Å². The molecule has 0 spiro atoms. The van der Waals surface area contributed by atoms with E-state index in [9.17, 15) is 0 Å². The Morgan fingerprint density at radius 3 is 2.44 bits per heavy atom. The highest BCUT2D eigenvalue weighted by Crippen LogP contribution is 2.23. The molecule has 1 N–H and O–H groups in total. The van der Waals surface area contributed by atoms with Crippen molar-refractivity contribution < 1.29 is 0 Å². The number of nitrogens with one attached hydrogen (secondary N) is 1. The van der Waals surface area contributed by atoms with Crippen LogP contribution in [0, 0.1) is 6.92 Å². The van der Waals surface area contributed by atoms with Gasteiger partial charge in [-0.1, -0.05) is 30.3 Å². The minimum atomic E-state index is 0.875. The summed E-state index contributed by atoms with van der Waals surface area (Å²) in [4.78, 5) is 0. The lowest BCUT2D eigenvalue weighted by Crippen LogP contribution is -2.13. The van der Waals surface area contributed by atoms with Crippen LogP contribution in [0.4, 0.5) is 0 Å². The van der Waals surface area contributed by atoms with Gasteiger partial charge in [-0.3, -0.25) is 0 Å². The second kappa shape index (κ2) is 6.50. The summed E-state index contributed by atoms with van der Waals surface area (Å²) in [6, 6.07) is 14.8. The van der Waals surface area contributed by atoms with Crippen LogP contribution in [0.1, 0.15) is 16.7 Å². The van der Waals surface area contributed by atoms with Crippen LogP contribution in [-0.2, 0) is 13.1 Å². The van der Waals surface area contributed by atoms with E-state index in [1.807, 2.05) is 0 Å². The van der Waals surface area contributed by atoms with E-state index in [4.69, 9.17) is 0 Å². The molecule has 0 saturated heterocycles. The number of rotatable bonds is 4. The van der Waals surface area contributed by atoms with Crippen molar-refractivity contribution in [2.45, 2.75) is 20.0 Å². The van der Waals surface area contributed by atoms with E-state index < -0.39 is 0 Å². The molecule has 0 aromatic heterocycles. The second-order valence-electron chi connectivity index (χ2n) is 4.28. The first kappa shape index (κ1) is 13.8. The number of hydrogen-bond donors (Lipinski definition) is 1. The van der Waals surface area contributed by atoms with Gasteiger partial charge in [0.05, 0.1) is 0 Å². The predicted octanol–water partition coefficient (Wildman–Crippen LogP) is 4.81. The molecule has 0 unspecified atom stereocenters. The maximum atomic E-state index is 3.52. The summed E-state index contributed by atoms with van der Waals surface area (Å²) in [7, 11) is 0. The first-order valence-corrected chi connectivity index (χ1v) is 7.44. The smallest absolute Gasteiger partial charge is 0.0320 e. The van der Waals surface area contributed by atoms with Crippen LogP contribution in [0.15, 0.2) is 51.4 Å². The third-order valence-corrected chi connectivity index (χ3v) is 4.77. The molecule has 0 saturated carbocycles. The third kappa shape index (κ3) is 3.67. The van der Waals surface area contributed by atoms with Gasteiger partial charge < -0.3 is 5.32 Å². The molecule has 0 bridgehead atoms. The lowest BCUT2D eigenvalue weighted by molar-refractivity contribution is 0.690. The predicted molar refractivity (Wildman–Crippen MR) is 83.6 cm³/mol.